The SMILES string of the molecule is CC1Oc2ccc3ccc(=O)oc3c2C1c1ccccc1. The van der Waals surface area contributed by atoms with Gasteiger partial charge in [-0.25, -0.2) is 4.79 Å². The van der Waals surface area contributed by atoms with Crippen LogP contribution in [0.3, 0.4) is 0 Å². The van der Waals surface area contributed by atoms with E-state index in [0.29, 0.717) is 5.58 Å². The highest BCUT2D eigenvalue weighted by molar-refractivity contribution is 5.84. The minimum Gasteiger partial charge on any atom is -0.489 e. The third-order valence-electron chi connectivity index (χ3n) is 4.04. The monoisotopic (exact) mass is 278 g/mol. The average Bonchev–Trinajstić information content (AvgIpc) is 2.84. The summed E-state index contributed by atoms with van der Waals surface area (Å²) in [7, 11) is 0. The van der Waals surface area contributed by atoms with Crippen molar-refractivity contribution in [2.45, 2.75) is 18.9 Å². The Morgan fingerprint density at radius 2 is 1.71 bits per heavy atom. The van der Waals surface area contributed by atoms with Gasteiger partial charge in [-0.15, -0.1) is 0 Å². The Hall–Kier alpha value is -2.55. The van der Waals surface area contributed by atoms with Crippen molar-refractivity contribution in [3.8, 4) is 5.75 Å². The fourth-order valence-corrected chi connectivity index (χ4v) is 3.13. The molecule has 1 aromatic heterocycles. The van der Waals surface area contributed by atoms with E-state index in [0.717, 1.165) is 16.7 Å². The molecule has 104 valence electrons. The van der Waals surface area contributed by atoms with Crippen molar-refractivity contribution in [3.63, 3.8) is 0 Å². The van der Waals surface area contributed by atoms with E-state index in [4.69, 9.17) is 9.15 Å². The van der Waals surface area contributed by atoms with E-state index in [-0.39, 0.29) is 17.6 Å². The molecule has 3 nitrogen and oxygen atoms in total. The maximum Gasteiger partial charge on any atom is 0.336 e. The van der Waals surface area contributed by atoms with Gasteiger partial charge in [0.1, 0.15) is 17.4 Å². The summed E-state index contributed by atoms with van der Waals surface area (Å²) >= 11 is 0. The Labute approximate surface area is 121 Å². The second-order valence-corrected chi connectivity index (χ2v) is 5.36. The van der Waals surface area contributed by atoms with Crippen LogP contribution in [0.1, 0.15) is 24.0 Å². The van der Waals surface area contributed by atoms with Crippen LogP contribution in [0.15, 0.2) is 63.8 Å². The summed E-state index contributed by atoms with van der Waals surface area (Å²) in [6.07, 6.45) is 0.0125. The first kappa shape index (κ1) is 12.2. The van der Waals surface area contributed by atoms with E-state index >= 15 is 0 Å². The number of hydrogen-bond donors (Lipinski definition) is 0. The Balaban J connectivity index is 2.02. The van der Waals surface area contributed by atoms with Gasteiger partial charge in [-0.05, 0) is 30.7 Å². The van der Waals surface area contributed by atoms with E-state index in [1.165, 1.54) is 11.6 Å². The van der Waals surface area contributed by atoms with E-state index < -0.39 is 0 Å². The topological polar surface area (TPSA) is 39.4 Å². The number of benzene rings is 2. The number of ether oxygens (including phenoxy) is 1. The van der Waals surface area contributed by atoms with Crippen molar-refractivity contribution in [2.24, 2.45) is 0 Å². The van der Waals surface area contributed by atoms with Crippen LogP contribution in [0.25, 0.3) is 11.0 Å². The molecule has 0 saturated carbocycles. The van der Waals surface area contributed by atoms with Crippen LogP contribution in [-0.2, 0) is 0 Å². The Kier molecular flexibility index (Phi) is 2.61. The molecule has 0 saturated heterocycles. The van der Waals surface area contributed by atoms with E-state index in [9.17, 15) is 4.79 Å². The third kappa shape index (κ3) is 1.85. The van der Waals surface area contributed by atoms with Crippen LogP contribution in [0.4, 0.5) is 0 Å². The Morgan fingerprint density at radius 3 is 2.52 bits per heavy atom. The first-order chi connectivity index (χ1) is 10.2. The van der Waals surface area contributed by atoms with Crippen molar-refractivity contribution >= 4 is 11.0 Å². The van der Waals surface area contributed by atoms with Crippen LogP contribution in [0.2, 0.25) is 0 Å². The molecule has 2 atom stereocenters. The first-order valence-corrected chi connectivity index (χ1v) is 7.02. The number of rotatable bonds is 1. The average molecular weight is 278 g/mol. The first-order valence-electron chi connectivity index (χ1n) is 7.02. The molecule has 3 aromatic rings. The molecule has 1 aliphatic heterocycles. The molecule has 2 heterocycles. The molecule has 1 aliphatic rings. The molecule has 0 bridgehead atoms. The van der Waals surface area contributed by atoms with Gasteiger partial charge in [0, 0.05) is 17.0 Å². The van der Waals surface area contributed by atoms with Gasteiger partial charge >= 0.3 is 5.63 Å². The molecule has 3 heteroatoms. The lowest BCUT2D eigenvalue weighted by Gasteiger charge is -2.15. The standard InChI is InChI=1S/C18H14O3/c1-11-16(12-5-3-2-4-6-12)17-14(20-11)9-7-13-8-10-15(19)21-18(13)17/h2-11,16H,1H3. The summed E-state index contributed by atoms with van der Waals surface area (Å²) in [4.78, 5) is 11.6. The molecule has 0 spiro atoms. The molecule has 0 radical (unpaired) electrons. The molecular formula is C18H14O3. The highest BCUT2D eigenvalue weighted by atomic mass is 16.5. The second kappa shape index (κ2) is 4.48. The van der Waals surface area contributed by atoms with Crippen molar-refractivity contribution in [1.82, 2.24) is 0 Å². The van der Waals surface area contributed by atoms with Crippen molar-refractivity contribution < 1.29 is 9.15 Å². The summed E-state index contributed by atoms with van der Waals surface area (Å²) in [5.74, 6) is 0.883. The predicted molar refractivity (Wildman–Crippen MR) is 80.9 cm³/mol. The largest absolute Gasteiger partial charge is 0.489 e. The van der Waals surface area contributed by atoms with Crippen LogP contribution in [-0.4, -0.2) is 6.10 Å². The van der Waals surface area contributed by atoms with Gasteiger partial charge in [-0.1, -0.05) is 30.3 Å². The minimum absolute atomic E-state index is 0.0125. The van der Waals surface area contributed by atoms with E-state index in [1.807, 2.05) is 37.3 Å². The van der Waals surface area contributed by atoms with Gasteiger partial charge in [-0.3, -0.25) is 0 Å². The fourth-order valence-electron chi connectivity index (χ4n) is 3.13. The number of fused-ring (bicyclic) bond motifs is 3. The zero-order valence-corrected chi connectivity index (χ0v) is 11.6. The van der Waals surface area contributed by atoms with Crippen LogP contribution in [0.5, 0.6) is 5.75 Å². The third-order valence-corrected chi connectivity index (χ3v) is 4.04. The molecule has 2 unspecified atom stereocenters. The van der Waals surface area contributed by atoms with Gasteiger partial charge in [0.15, 0.2) is 0 Å². The Morgan fingerprint density at radius 1 is 0.952 bits per heavy atom. The van der Waals surface area contributed by atoms with Gasteiger partial charge in [-0.2, -0.15) is 0 Å². The molecular weight excluding hydrogens is 264 g/mol. The number of hydrogen-bond acceptors (Lipinski definition) is 3. The molecule has 4 rings (SSSR count). The molecule has 0 aliphatic carbocycles. The van der Waals surface area contributed by atoms with Crippen molar-refractivity contribution in [1.29, 1.82) is 0 Å². The summed E-state index contributed by atoms with van der Waals surface area (Å²) in [6, 6.07) is 17.3. The molecule has 0 amide bonds. The maximum absolute atomic E-state index is 11.6. The minimum atomic E-state index is -0.331. The quantitative estimate of drug-likeness (QED) is 0.637. The van der Waals surface area contributed by atoms with Gasteiger partial charge in [0.05, 0.1) is 5.92 Å². The molecule has 21 heavy (non-hydrogen) atoms. The van der Waals surface area contributed by atoms with Gasteiger partial charge in [0.2, 0.25) is 0 Å². The second-order valence-electron chi connectivity index (χ2n) is 5.36. The lowest BCUT2D eigenvalue weighted by atomic mass is 9.88. The van der Waals surface area contributed by atoms with E-state index in [2.05, 4.69) is 12.1 Å². The molecule has 0 fully saturated rings. The van der Waals surface area contributed by atoms with Crippen molar-refractivity contribution in [2.75, 3.05) is 0 Å². The van der Waals surface area contributed by atoms with Crippen molar-refractivity contribution in [3.05, 3.63) is 76.1 Å². The highest BCUT2D eigenvalue weighted by Gasteiger charge is 2.35. The summed E-state index contributed by atoms with van der Waals surface area (Å²) in [5.41, 5.74) is 2.45. The van der Waals surface area contributed by atoms with Gasteiger partial charge in [0.25, 0.3) is 0 Å². The van der Waals surface area contributed by atoms with E-state index in [1.54, 1.807) is 6.07 Å². The predicted octanol–water partition coefficient (Wildman–Crippen LogP) is 3.71. The van der Waals surface area contributed by atoms with Crippen LogP contribution < -0.4 is 10.4 Å². The normalized spacial score (nSPS) is 20.2. The summed E-state index contributed by atoms with van der Waals surface area (Å²) in [6.45, 7) is 2.05. The lowest BCUT2D eigenvalue weighted by Crippen LogP contribution is -2.15. The summed E-state index contributed by atoms with van der Waals surface area (Å²) in [5, 5.41) is 0.923. The lowest BCUT2D eigenvalue weighted by molar-refractivity contribution is 0.239. The zero-order chi connectivity index (χ0) is 14.4. The van der Waals surface area contributed by atoms with Crippen LogP contribution in [0, 0.1) is 0 Å². The van der Waals surface area contributed by atoms with Gasteiger partial charge < -0.3 is 9.15 Å². The van der Waals surface area contributed by atoms with Crippen LogP contribution >= 0.6 is 0 Å². The molecule has 0 N–H and O–H groups in total. The molecule has 2 aromatic carbocycles. The fraction of sp³-hybridized carbons (Fsp3) is 0.167. The zero-order valence-electron chi connectivity index (χ0n) is 11.6. The highest BCUT2D eigenvalue weighted by Crippen LogP contribution is 2.45. The maximum atomic E-state index is 11.6. The smallest absolute Gasteiger partial charge is 0.336 e. The Bertz CT molecular complexity index is 865. The summed E-state index contributed by atoms with van der Waals surface area (Å²) < 4.78 is 11.4.